The summed E-state index contributed by atoms with van der Waals surface area (Å²) in [5, 5.41) is 27.8. The summed E-state index contributed by atoms with van der Waals surface area (Å²) in [5.41, 5.74) is -0.160. The third kappa shape index (κ3) is 2.31. The molecule has 0 atom stereocenters. The van der Waals surface area contributed by atoms with E-state index in [1.54, 1.807) is 30.1 Å². The van der Waals surface area contributed by atoms with Gasteiger partial charge in [0.15, 0.2) is 5.16 Å². The summed E-state index contributed by atoms with van der Waals surface area (Å²) >= 11 is 1.25. The molecule has 1 heterocycles. The maximum atomic E-state index is 10.8. The van der Waals surface area contributed by atoms with E-state index in [4.69, 9.17) is 5.26 Å². The number of nitriles is 1. The van der Waals surface area contributed by atoms with E-state index < -0.39 is 4.92 Å². The second kappa shape index (κ2) is 4.85. The van der Waals surface area contributed by atoms with Gasteiger partial charge in [0, 0.05) is 18.0 Å². The molecule has 0 radical (unpaired) electrons. The molecule has 0 spiro atoms. The van der Waals surface area contributed by atoms with Crippen molar-refractivity contribution in [2.45, 2.75) is 10.1 Å². The second-order valence-electron chi connectivity index (χ2n) is 3.37. The van der Waals surface area contributed by atoms with Crippen LogP contribution in [0, 0.1) is 21.4 Å². The van der Waals surface area contributed by atoms with Crippen LogP contribution in [0.4, 0.5) is 5.69 Å². The van der Waals surface area contributed by atoms with Crippen LogP contribution in [0.3, 0.4) is 0 Å². The molecule has 90 valence electrons. The zero-order valence-corrected chi connectivity index (χ0v) is 10.1. The smallest absolute Gasteiger partial charge is 0.288 e. The standard InChI is InChI=1S/C10H7N5O2S/c1-14-6-12-13-10(14)18-8-3-2-7(5-11)9(4-8)15(16)17/h2-4,6H,1H3. The van der Waals surface area contributed by atoms with Crippen molar-refractivity contribution < 1.29 is 4.92 Å². The van der Waals surface area contributed by atoms with Crippen LogP contribution in [-0.2, 0) is 7.05 Å². The maximum Gasteiger partial charge on any atom is 0.288 e. The minimum absolute atomic E-state index is 0.0438. The molecule has 7 nitrogen and oxygen atoms in total. The van der Waals surface area contributed by atoms with Crippen LogP contribution in [0.5, 0.6) is 0 Å². The molecule has 0 saturated heterocycles. The van der Waals surface area contributed by atoms with Crippen molar-refractivity contribution in [1.29, 1.82) is 5.26 Å². The Hall–Kier alpha value is -2.40. The van der Waals surface area contributed by atoms with E-state index >= 15 is 0 Å². The van der Waals surface area contributed by atoms with Crippen molar-refractivity contribution in [1.82, 2.24) is 14.8 Å². The first-order valence-corrected chi connectivity index (χ1v) is 5.64. The molecule has 0 amide bonds. The number of aryl methyl sites for hydroxylation is 1. The number of benzene rings is 1. The van der Waals surface area contributed by atoms with Gasteiger partial charge in [-0.15, -0.1) is 10.2 Å². The highest BCUT2D eigenvalue weighted by Gasteiger charge is 2.15. The Bertz CT molecular complexity index is 646. The molecule has 0 aliphatic heterocycles. The molecular weight excluding hydrogens is 254 g/mol. The van der Waals surface area contributed by atoms with E-state index in [0.717, 1.165) is 0 Å². The molecule has 0 saturated carbocycles. The van der Waals surface area contributed by atoms with Gasteiger partial charge in [-0.1, -0.05) is 0 Å². The lowest BCUT2D eigenvalue weighted by molar-refractivity contribution is -0.385. The van der Waals surface area contributed by atoms with Gasteiger partial charge < -0.3 is 4.57 Å². The predicted octanol–water partition coefficient (Wildman–Crippen LogP) is 1.75. The highest BCUT2D eigenvalue weighted by Crippen LogP contribution is 2.30. The van der Waals surface area contributed by atoms with Crippen molar-refractivity contribution in [3.63, 3.8) is 0 Å². The van der Waals surface area contributed by atoms with Crippen molar-refractivity contribution in [3.05, 3.63) is 40.2 Å². The van der Waals surface area contributed by atoms with Gasteiger partial charge in [0.05, 0.1) is 4.92 Å². The van der Waals surface area contributed by atoms with E-state index in [1.165, 1.54) is 23.9 Å². The minimum Gasteiger partial charge on any atom is -0.311 e. The predicted molar refractivity (Wildman–Crippen MR) is 62.9 cm³/mol. The lowest BCUT2D eigenvalue weighted by Gasteiger charge is -2.01. The number of nitro benzene ring substituents is 1. The van der Waals surface area contributed by atoms with E-state index in [-0.39, 0.29) is 11.3 Å². The van der Waals surface area contributed by atoms with E-state index in [0.29, 0.717) is 10.1 Å². The highest BCUT2D eigenvalue weighted by molar-refractivity contribution is 7.99. The van der Waals surface area contributed by atoms with Crippen molar-refractivity contribution in [2.75, 3.05) is 0 Å². The average molecular weight is 261 g/mol. The van der Waals surface area contributed by atoms with Crippen LogP contribution in [0.15, 0.2) is 34.6 Å². The molecule has 0 unspecified atom stereocenters. The Morgan fingerprint density at radius 3 is 2.89 bits per heavy atom. The molecule has 18 heavy (non-hydrogen) atoms. The molecule has 0 N–H and O–H groups in total. The van der Waals surface area contributed by atoms with Crippen LogP contribution in [0.2, 0.25) is 0 Å². The van der Waals surface area contributed by atoms with Crippen molar-refractivity contribution in [2.24, 2.45) is 7.05 Å². The number of aromatic nitrogens is 3. The zero-order chi connectivity index (χ0) is 13.1. The van der Waals surface area contributed by atoms with Gasteiger partial charge in [0.2, 0.25) is 0 Å². The van der Waals surface area contributed by atoms with Gasteiger partial charge in [-0.25, -0.2) is 0 Å². The Balaban J connectivity index is 2.36. The van der Waals surface area contributed by atoms with Gasteiger partial charge in [-0.2, -0.15) is 5.26 Å². The number of rotatable bonds is 3. The van der Waals surface area contributed by atoms with Crippen LogP contribution in [0.1, 0.15) is 5.56 Å². The normalized spacial score (nSPS) is 10.0. The van der Waals surface area contributed by atoms with Gasteiger partial charge in [0.1, 0.15) is 18.0 Å². The number of nitro groups is 1. The topological polar surface area (TPSA) is 97.6 Å². The molecule has 0 fully saturated rings. The molecule has 8 heteroatoms. The van der Waals surface area contributed by atoms with Crippen LogP contribution in [-0.4, -0.2) is 19.7 Å². The number of nitrogens with zero attached hydrogens (tertiary/aromatic N) is 5. The molecule has 0 aliphatic carbocycles. The summed E-state index contributed by atoms with van der Waals surface area (Å²) in [5.74, 6) is 0. The Kier molecular flexibility index (Phi) is 3.25. The lowest BCUT2D eigenvalue weighted by atomic mass is 10.2. The molecule has 2 rings (SSSR count). The first kappa shape index (κ1) is 12.1. The summed E-state index contributed by atoms with van der Waals surface area (Å²) in [4.78, 5) is 10.9. The van der Waals surface area contributed by atoms with Gasteiger partial charge in [0.25, 0.3) is 5.69 Å². The van der Waals surface area contributed by atoms with Crippen molar-refractivity contribution >= 4 is 17.4 Å². The summed E-state index contributed by atoms with van der Waals surface area (Å²) in [6.07, 6.45) is 1.54. The lowest BCUT2D eigenvalue weighted by Crippen LogP contribution is -1.93. The summed E-state index contributed by atoms with van der Waals surface area (Å²) in [6, 6.07) is 6.22. The number of hydrogen-bond donors (Lipinski definition) is 0. The fraction of sp³-hybridized carbons (Fsp3) is 0.100. The molecular formula is C10H7N5O2S. The maximum absolute atomic E-state index is 10.8. The van der Waals surface area contributed by atoms with Gasteiger partial charge >= 0.3 is 0 Å². The monoisotopic (exact) mass is 261 g/mol. The SMILES string of the molecule is Cn1cnnc1Sc1ccc(C#N)c([N+](=O)[O-])c1. The number of hydrogen-bond acceptors (Lipinski definition) is 6. The molecule has 2 aromatic rings. The Labute approximate surface area is 106 Å². The van der Waals surface area contributed by atoms with E-state index in [2.05, 4.69) is 10.2 Å². The average Bonchev–Trinajstić information content (AvgIpc) is 2.75. The minimum atomic E-state index is -0.570. The highest BCUT2D eigenvalue weighted by atomic mass is 32.2. The molecule has 0 bridgehead atoms. The quantitative estimate of drug-likeness (QED) is 0.616. The fourth-order valence-electron chi connectivity index (χ4n) is 1.29. The molecule has 1 aromatic heterocycles. The summed E-state index contributed by atoms with van der Waals surface area (Å²) < 4.78 is 1.70. The van der Waals surface area contributed by atoms with Crippen LogP contribution >= 0.6 is 11.8 Å². The largest absolute Gasteiger partial charge is 0.311 e. The molecule has 0 aliphatic rings. The second-order valence-corrected chi connectivity index (χ2v) is 4.42. The van der Waals surface area contributed by atoms with Gasteiger partial charge in [-0.3, -0.25) is 10.1 Å². The summed E-state index contributed by atoms with van der Waals surface area (Å²) in [6.45, 7) is 0. The third-order valence-electron chi connectivity index (χ3n) is 2.17. The van der Waals surface area contributed by atoms with E-state index in [9.17, 15) is 10.1 Å². The third-order valence-corrected chi connectivity index (χ3v) is 3.21. The Morgan fingerprint density at radius 2 is 2.33 bits per heavy atom. The zero-order valence-electron chi connectivity index (χ0n) is 9.27. The van der Waals surface area contributed by atoms with Gasteiger partial charge in [-0.05, 0) is 23.9 Å². The first-order chi connectivity index (χ1) is 8.61. The first-order valence-electron chi connectivity index (χ1n) is 4.82. The fourth-order valence-corrected chi connectivity index (χ4v) is 2.09. The Morgan fingerprint density at radius 1 is 1.56 bits per heavy atom. The molecule has 1 aromatic carbocycles. The summed E-state index contributed by atoms with van der Waals surface area (Å²) in [7, 11) is 1.78. The van der Waals surface area contributed by atoms with Crippen molar-refractivity contribution in [3.8, 4) is 6.07 Å². The van der Waals surface area contributed by atoms with Crippen LogP contribution < -0.4 is 0 Å². The van der Waals surface area contributed by atoms with Crippen LogP contribution in [0.25, 0.3) is 0 Å². The van der Waals surface area contributed by atoms with E-state index in [1.807, 2.05) is 0 Å².